The molecule has 1 aliphatic carbocycles. The Labute approximate surface area is 154 Å². The van der Waals surface area contributed by atoms with Crippen LogP contribution in [0.5, 0.6) is 0 Å². The van der Waals surface area contributed by atoms with Crippen LogP contribution in [0.4, 0.5) is 0 Å². The minimum Gasteiger partial charge on any atom is -0.381 e. The molecule has 1 atom stereocenters. The molecular formula is C20H27N3O3. The molecule has 1 aromatic rings. The predicted molar refractivity (Wildman–Crippen MR) is 96.3 cm³/mol. The summed E-state index contributed by atoms with van der Waals surface area (Å²) in [7, 11) is 0. The van der Waals surface area contributed by atoms with Gasteiger partial charge in [0.25, 0.3) is 0 Å². The number of amides is 2. The maximum absolute atomic E-state index is 12.9. The van der Waals surface area contributed by atoms with Gasteiger partial charge in [0.1, 0.15) is 0 Å². The van der Waals surface area contributed by atoms with Crippen molar-refractivity contribution in [1.29, 1.82) is 0 Å². The average Bonchev–Trinajstić information content (AvgIpc) is 3.42. The lowest BCUT2D eigenvalue weighted by atomic mass is 10.0. The molecular weight excluding hydrogens is 330 g/mol. The number of hydrogen-bond donors (Lipinski definition) is 0. The number of likely N-dealkylation sites (tertiary alicyclic amines) is 1. The van der Waals surface area contributed by atoms with E-state index in [9.17, 15) is 9.59 Å². The molecule has 0 N–H and O–H groups in total. The van der Waals surface area contributed by atoms with Crippen molar-refractivity contribution in [2.75, 3.05) is 26.3 Å². The summed E-state index contributed by atoms with van der Waals surface area (Å²) in [6, 6.07) is 4.22. The molecule has 1 unspecified atom stereocenters. The molecule has 3 heterocycles. The summed E-state index contributed by atoms with van der Waals surface area (Å²) in [6.07, 6.45) is 8.61. The van der Waals surface area contributed by atoms with E-state index in [0.717, 1.165) is 57.4 Å². The van der Waals surface area contributed by atoms with Gasteiger partial charge >= 0.3 is 0 Å². The van der Waals surface area contributed by atoms with Crippen LogP contribution in [0.25, 0.3) is 0 Å². The highest BCUT2D eigenvalue weighted by molar-refractivity contribution is 5.82. The molecule has 0 spiro atoms. The highest BCUT2D eigenvalue weighted by Crippen LogP contribution is 2.35. The Morgan fingerprint density at radius 2 is 1.96 bits per heavy atom. The molecule has 1 saturated carbocycles. The Morgan fingerprint density at radius 1 is 1.15 bits per heavy atom. The van der Waals surface area contributed by atoms with Gasteiger partial charge in [0.15, 0.2) is 0 Å². The van der Waals surface area contributed by atoms with Crippen LogP contribution in [0.2, 0.25) is 0 Å². The zero-order valence-electron chi connectivity index (χ0n) is 15.2. The van der Waals surface area contributed by atoms with Crippen molar-refractivity contribution in [2.24, 2.45) is 5.92 Å². The van der Waals surface area contributed by atoms with Crippen LogP contribution >= 0.6 is 0 Å². The SMILES string of the molecule is O=C(Cc1cccnc1)N1CCC(N(C(=O)C2CC2)C2CCOCC2)C1. The molecule has 2 saturated heterocycles. The normalized spacial score (nSPS) is 23.8. The van der Waals surface area contributed by atoms with Gasteiger partial charge in [-0.3, -0.25) is 14.6 Å². The van der Waals surface area contributed by atoms with E-state index in [4.69, 9.17) is 4.74 Å². The zero-order valence-corrected chi connectivity index (χ0v) is 15.2. The second kappa shape index (κ2) is 7.74. The largest absolute Gasteiger partial charge is 0.381 e. The first kappa shape index (κ1) is 17.5. The number of ether oxygens (including phenoxy) is 1. The van der Waals surface area contributed by atoms with E-state index in [2.05, 4.69) is 9.88 Å². The van der Waals surface area contributed by atoms with Gasteiger partial charge in [0, 0.05) is 50.7 Å². The first-order valence-electron chi connectivity index (χ1n) is 9.79. The van der Waals surface area contributed by atoms with E-state index in [0.29, 0.717) is 18.9 Å². The third-order valence-corrected chi connectivity index (χ3v) is 5.75. The highest BCUT2D eigenvalue weighted by atomic mass is 16.5. The number of carbonyl (C=O) groups is 2. The highest BCUT2D eigenvalue weighted by Gasteiger charge is 2.42. The van der Waals surface area contributed by atoms with Crippen molar-refractivity contribution < 1.29 is 14.3 Å². The lowest BCUT2D eigenvalue weighted by Crippen LogP contribution is -2.51. The predicted octanol–water partition coefficient (Wildman–Crippen LogP) is 1.64. The quantitative estimate of drug-likeness (QED) is 0.804. The first-order valence-corrected chi connectivity index (χ1v) is 9.79. The fraction of sp³-hybridized carbons (Fsp3) is 0.650. The maximum atomic E-state index is 12.9. The van der Waals surface area contributed by atoms with E-state index < -0.39 is 0 Å². The van der Waals surface area contributed by atoms with E-state index in [1.807, 2.05) is 17.0 Å². The molecule has 140 valence electrons. The van der Waals surface area contributed by atoms with Crippen LogP contribution < -0.4 is 0 Å². The Morgan fingerprint density at radius 3 is 2.65 bits per heavy atom. The Kier molecular flexibility index (Phi) is 5.20. The van der Waals surface area contributed by atoms with Crippen molar-refractivity contribution in [3.63, 3.8) is 0 Å². The van der Waals surface area contributed by atoms with Gasteiger partial charge in [-0.25, -0.2) is 0 Å². The van der Waals surface area contributed by atoms with Crippen LogP contribution in [-0.4, -0.2) is 65.0 Å². The van der Waals surface area contributed by atoms with Crippen molar-refractivity contribution >= 4 is 11.8 Å². The molecule has 0 radical (unpaired) electrons. The average molecular weight is 357 g/mol. The van der Waals surface area contributed by atoms with Crippen LogP contribution in [0, 0.1) is 5.92 Å². The van der Waals surface area contributed by atoms with Crippen LogP contribution in [0.15, 0.2) is 24.5 Å². The summed E-state index contributed by atoms with van der Waals surface area (Å²) >= 11 is 0. The number of carbonyl (C=O) groups excluding carboxylic acids is 2. The fourth-order valence-corrected chi connectivity index (χ4v) is 4.15. The van der Waals surface area contributed by atoms with Gasteiger partial charge in [0.05, 0.1) is 12.5 Å². The van der Waals surface area contributed by atoms with Crippen LogP contribution in [0.1, 0.15) is 37.7 Å². The topological polar surface area (TPSA) is 62.7 Å². The van der Waals surface area contributed by atoms with Crippen molar-refractivity contribution in [3.8, 4) is 0 Å². The summed E-state index contributed by atoms with van der Waals surface area (Å²) in [5.41, 5.74) is 0.941. The molecule has 3 aliphatic rings. The van der Waals surface area contributed by atoms with E-state index in [-0.39, 0.29) is 23.9 Å². The Bertz CT molecular complexity index is 641. The molecule has 2 aliphatic heterocycles. The standard InChI is InChI=1S/C20H27N3O3/c24-19(12-15-2-1-8-21-13-15)22-9-5-18(14-22)23(20(25)16-3-4-16)17-6-10-26-11-7-17/h1-2,8,13,16-18H,3-7,9-12,14H2. The first-order chi connectivity index (χ1) is 12.7. The molecule has 6 nitrogen and oxygen atoms in total. The number of rotatable bonds is 5. The molecule has 26 heavy (non-hydrogen) atoms. The van der Waals surface area contributed by atoms with Crippen molar-refractivity contribution in [3.05, 3.63) is 30.1 Å². The number of pyridine rings is 1. The van der Waals surface area contributed by atoms with Gasteiger partial charge < -0.3 is 14.5 Å². The monoisotopic (exact) mass is 357 g/mol. The van der Waals surface area contributed by atoms with E-state index in [1.165, 1.54) is 0 Å². The number of nitrogens with zero attached hydrogens (tertiary/aromatic N) is 3. The summed E-state index contributed by atoms with van der Waals surface area (Å²) in [5.74, 6) is 0.660. The van der Waals surface area contributed by atoms with Gasteiger partial charge in [0.2, 0.25) is 11.8 Å². The molecule has 6 heteroatoms. The third-order valence-electron chi connectivity index (χ3n) is 5.75. The summed E-state index contributed by atoms with van der Waals surface area (Å²) in [4.78, 5) is 33.7. The molecule has 0 bridgehead atoms. The second-order valence-electron chi connectivity index (χ2n) is 7.68. The van der Waals surface area contributed by atoms with Gasteiger partial charge in [-0.1, -0.05) is 6.07 Å². The minimum atomic E-state index is 0.131. The molecule has 1 aromatic heterocycles. The molecule has 4 rings (SSSR count). The van der Waals surface area contributed by atoms with Gasteiger partial charge in [-0.15, -0.1) is 0 Å². The fourth-order valence-electron chi connectivity index (χ4n) is 4.15. The second-order valence-corrected chi connectivity index (χ2v) is 7.68. The van der Waals surface area contributed by atoms with E-state index >= 15 is 0 Å². The lowest BCUT2D eigenvalue weighted by Gasteiger charge is -2.38. The molecule has 0 aromatic carbocycles. The summed E-state index contributed by atoms with van der Waals surface area (Å²) in [5, 5.41) is 0. The minimum absolute atomic E-state index is 0.131. The smallest absolute Gasteiger partial charge is 0.227 e. The third kappa shape index (κ3) is 3.90. The Balaban J connectivity index is 1.41. The van der Waals surface area contributed by atoms with Gasteiger partial charge in [-0.2, -0.15) is 0 Å². The number of hydrogen-bond acceptors (Lipinski definition) is 4. The van der Waals surface area contributed by atoms with Crippen molar-refractivity contribution in [2.45, 2.75) is 50.6 Å². The van der Waals surface area contributed by atoms with Crippen LogP contribution in [0.3, 0.4) is 0 Å². The number of aromatic nitrogens is 1. The van der Waals surface area contributed by atoms with Crippen molar-refractivity contribution in [1.82, 2.24) is 14.8 Å². The zero-order chi connectivity index (χ0) is 17.9. The maximum Gasteiger partial charge on any atom is 0.227 e. The van der Waals surface area contributed by atoms with Crippen LogP contribution in [-0.2, 0) is 20.7 Å². The molecule has 3 fully saturated rings. The van der Waals surface area contributed by atoms with Gasteiger partial charge in [-0.05, 0) is 43.7 Å². The molecule has 2 amide bonds. The summed E-state index contributed by atoms with van der Waals surface area (Å²) < 4.78 is 5.49. The summed E-state index contributed by atoms with van der Waals surface area (Å²) in [6.45, 7) is 2.86. The van der Waals surface area contributed by atoms with E-state index in [1.54, 1.807) is 12.4 Å². The Hall–Kier alpha value is -1.95. The lowest BCUT2D eigenvalue weighted by molar-refractivity contribution is -0.140.